The predicted octanol–water partition coefficient (Wildman–Crippen LogP) is 2.67. The predicted molar refractivity (Wildman–Crippen MR) is 70.1 cm³/mol. The fourth-order valence-corrected chi connectivity index (χ4v) is 2.48. The number of carbonyl (C=O) groups excluding carboxylic acids is 1. The Bertz CT molecular complexity index is 424. The number of rotatable bonds is 2. The molecule has 3 nitrogen and oxygen atoms in total. The van der Waals surface area contributed by atoms with Crippen LogP contribution in [0.4, 0.5) is 11.4 Å². The van der Waals surface area contributed by atoms with E-state index >= 15 is 0 Å². The molecule has 0 aromatic heterocycles. The van der Waals surface area contributed by atoms with Gasteiger partial charge in [-0.1, -0.05) is 33.6 Å². The molecule has 2 N–H and O–H groups in total. The van der Waals surface area contributed by atoms with E-state index in [1.165, 1.54) is 0 Å². The molecule has 1 heterocycles. The molecule has 1 aliphatic rings. The summed E-state index contributed by atoms with van der Waals surface area (Å²) in [5, 5.41) is 1.32. The second-order valence-corrected chi connectivity index (χ2v) is 4.96. The average molecular weight is 304 g/mol. The number of nitrogens with two attached hydrogens (primary N) is 1. The molecule has 86 valence electrons. The summed E-state index contributed by atoms with van der Waals surface area (Å²) < 4.78 is 0. The van der Waals surface area contributed by atoms with Crippen LogP contribution >= 0.6 is 27.5 Å². The maximum absolute atomic E-state index is 11.8. The van der Waals surface area contributed by atoms with Crippen molar-refractivity contribution >= 4 is 44.8 Å². The van der Waals surface area contributed by atoms with E-state index in [2.05, 4.69) is 15.9 Å². The molecule has 1 aliphatic heterocycles. The summed E-state index contributed by atoms with van der Waals surface area (Å²) in [6.45, 7) is 0.703. The van der Waals surface area contributed by atoms with Gasteiger partial charge in [0, 0.05) is 18.3 Å². The number of alkyl halides is 1. The fourth-order valence-electron chi connectivity index (χ4n) is 1.88. The second kappa shape index (κ2) is 4.63. The molecule has 1 unspecified atom stereocenters. The first-order valence-corrected chi connectivity index (χ1v) is 6.53. The van der Waals surface area contributed by atoms with Crippen molar-refractivity contribution in [3.8, 4) is 0 Å². The van der Waals surface area contributed by atoms with E-state index in [9.17, 15) is 4.79 Å². The molecule has 1 saturated heterocycles. The van der Waals surface area contributed by atoms with Gasteiger partial charge in [0.15, 0.2) is 0 Å². The SMILES string of the molecule is Nc1c(Cl)cccc1N1CC(CBr)CC1=O. The molecule has 0 aliphatic carbocycles. The van der Waals surface area contributed by atoms with E-state index in [4.69, 9.17) is 17.3 Å². The summed E-state index contributed by atoms with van der Waals surface area (Å²) >= 11 is 9.34. The van der Waals surface area contributed by atoms with Crippen LogP contribution in [0.1, 0.15) is 6.42 Å². The molecule has 2 rings (SSSR count). The number of nitrogens with zero attached hydrogens (tertiary/aromatic N) is 1. The zero-order valence-corrected chi connectivity index (χ0v) is 11.0. The van der Waals surface area contributed by atoms with Crippen molar-refractivity contribution in [1.82, 2.24) is 0 Å². The minimum atomic E-state index is 0.110. The van der Waals surface area contributed by atoms with E-state index in [-0.39, 0.29) is 5.91 Å². The number of halogens is 2. The van der Waals surface area contributed by atoms with E-state index in [0.717, 1.165) is 11.0 Å². The Morgan fingerprint density at radius 2 is 2.31 bits per heavy atom. The molecule has 1 aromatic rings. The van der Waals surface area contributed by atoms with Crippen molar-refractivity contribution in [1.29, 1.82) is 0 Å². The Hall–Kier alpha value is -0.740. The summed E-state index contributed by atoms with van der Waals surface area (Å²) in [6.07, 6.45) is 0.567. The van der Waals surface area contributed by atoms with Gasteiger partial charge in [0.1, 0.15) is 0 Å². The first kappa shape index (κ1) is 11.7. The quantitative estimate of drug-likeness (QED) is 0.674. The van der Waals surface area contributed by atoms with Gasteiger partial charge in [-0.3, -0.25) is 4.79 Å². The van der Waals surface area contributed by atoms with Crippen LogP contribution in [0.2, 0.25) is 5.02 Å². The largest absolute Gasteiger partial charge is 0.396 e. The molecule has 0 bridgehead atoms. The van der Waals surface area contributed by atoms with E-state index in [1.807, 2.05) is 12.1 Å². The van der Waals surface area contributed by atoms with Crippen molar-refractivity contribution in [3.05, 3.63) is 23.2 Å². The van der Waals surface area contributed by atoms with Crippen LogP contribution in [0.25, 0.3) is 0 Å². The third-order valence-corrected chi connectivity index (χ3v) is 3.99. The maximum atomic E-state index is 11.8. The van der Waals surface area contributed by atoms with Gasteiger partial charge in [-0.2, -0.15) is 0 Å². The van der Waals surface area contributed by atoms with Crippen LogP contribution in [-0.2, 0) is 4.79 Å². The number of hydrogen-bond acceptors (Lipinski definition) is 2. The van der Waals surface area contributed by atoms with Crippen molar-refractivity contribution in [2.45, 2.75) is 6.42 Å². The van der Waals surface area contributed by atoms with Crippen LogP contribution in [-0.4, -0.2) is 17.8 Å². The van der Waals surface area contributed by atoms with Crippen LogP contribution in [0.15, 0.2) is 18.2 Å². The third kappa shape index (κ3) is 2.04. The van der Waals surface area contributed by atoms with Gasteiger partial charge in [-0.05, 0) is 18.1 Å². The normalized spacial score (nSPS) is 20.5. The number of carbonyl (C=O) groups is 1. The smallest absolute Gasteiger partial charge is 0.227 e. The van der Waals surface area contributed by atoms with Gasteiger partial charge in [-0.25, -0.2) is 0 Å². The lowest BCUT2D eigenvalue weighted by molar-refractivity contribution is -0.117. The second-order valence-electron chi connectivity index (χ2n) is 3.90. The van der Waals surface area contributed by atoms with Crippen molar-refractivity contribution < 1.29 is 4.79 Å². The van der Waals surface area contributed by atoms with Gasteiger partial charge in [0.2, 0.25) is 5.91 Å². The molecule has 0 spiro atoms. The van der Waals surface area contributed by atoms with Gasteiger partial charge in [0.25, 0.3) is 0 Å². The number of hydrogen-bond donors (Lipinski definition) is 1. The molecular formula is C11H12BrClN2O. The molecule has 0 radical (unpaired) electrons. The van der Waals surface area contributed by atoms with Crippen molar-refractivity contribution in [2.24, 2.45) is 5.92 Å². The number of anilines is 2. The molecule has 1 atom stereocenters. The zero-order valence-electron chi connectivity index (χ0n) is 8.62. The minimum absolute atomic E-state index is 0.110. The number of para-hydroxylation sites is 1. The van der Waals surface area contributed by atoms with Crippen molar-refractivity contribution in [2.75, 3.05) is 22.5 Å². The monoisotopic (exact) mass is 302 g/mol. The first-order chi connectivity index (χ1) is 7.63. The van der Waals surface area contributed by atoms with Crippen LogP contribution < -0.4 is 10.6 Å². The fraction of sp³-hybridized carbons (Fsp3) is 0.364. The Kier molecular flexibility index (Phi) is 3.40. The maximum Gasteiger partial charge on any atom is 0.227 e. The van der Waals surface area contributed by atoms with E-state index < -0.39 is 0 Å². The topological polar surface area (TPSA) is 46.3 Å². The van der Waals surface area contributed by atoms with Gasteiger partial charge >= 0.3 is 0 Å². The first-order valence-electron chi connectivity index (χ1n) is 5.03. The lowest BCUT2D eigenvalue weighted by Gasteiger charge is -2.19. The number of amides is 1. The molecule has 1 aromatic carbocycles. The number of nitrogen functional groups attached to an aromatic ring is 1. The highest BCUT2D eigenvalue weighted by molar-refractivity contribution is 9.09. The summed E-state index contributed by atoms with van der Waals surface area (Å²) in [5.74, 6) is 0.462. The Morgan fingerprint density at radius 3 is 2.94 bits per heavy atom. The third-order valence-electron chi connectivity index (χ3n) is 2.74. The minimum Gasteiger partial charge on any atom is -0.396 e. The number of benzene rings is 1. The Morgan fingerprint density at radius 1 is 1.56 bits per heavy atom. The highest BCUT2D eigenvalue weighted by atomic mass is 79.9. The van der Waals surface area contributed by atoms with Crippen molar-refractivity contribution in [3.63, 3.8) is 0 Å². The molecular weight excluding hydrogens is 291 g/mol. The van der Waals surface area contributed by atoms with Gasteiger partial charge < -0.3 is 10.6 Å². The Labute approximate surface area is 108 Å². The highest BCUT2D eigenvalue weighted by Gasteiger charge is 2.30. The van der Waals surface area contributed by atoms with Crippen LogP contribution in [0, 0.1) is 5.92 Å². The molecule has 0 saturated carbocycles. The molecule has 5 heteroatoms. The summed E-state index contributed by atoms with van der Waals surface area (Å²) in [7, 11) is 0. The summed E-state index contributed by atoms with van der Waals surface area (Å²) in [6, 6.07) is 5.36. The van der Waals surface area contributed by atoms with Gasteiger partial charge in [-0.15, -0.1) is 0 Å². The summed E-state index contributed by atoms with van der Waals surface area (Å²) in [4.78, 5) is 13.5. The van der Waals surface area contributed by atoms with Gasteiger partial charge in [0.05, 0.1) is 16.4 Å². The molecule has 16 heavy (non-hydrogen) atoms. The molecule has 1 amide bonds. The zero-order chi connectivity index (χ0) is 11.7. The standard InChI is InChI=1S/C11H12BrClN2O/c12-5-7-4-10(16)15(6-7)9-3-1-2-8(13)11(9)14/h1-3,7H,4-6,14H2. The van der Waals surface area contributed by atoms with Crippen LogP contribution in [0.3, 0.4) is 0 Å². The van der Waals surface area contributed by atoms with E-state index in [1.54, 1.807) is 11.0 Å². The van der Waals surface area contributed by atoms with E-state index in [0.29, 0.717) is 29.6 Å². The summed E-state index contributed by atoms with van der Waals surface area (Å²) in [5.41, 5.74) is 7.08. The molecule has 1 fully saturated rings. The average Bonchev–Trinajstić information content (AvgIpc) is 2.64. The lowest BCUT2D eigenvalue weighted by Crippen LogP contribution is -2.25. The highest BCUT2D eigenvalue weighted by Crippen LogP contribution is 2.34. The Balaban J connectivity index is 2.31. The van der Waals surface area contributed by atoms with Crippen LogP contribution in [0.5, 0.6) is 0 Å². The lowest BCUT2D eigenvalue weighted by atomic mass is 10.2.